The van der Waals surface area contributed by atoms with E-state index >= 15 is 0 Å². The van der Waals surface area contributed by atoms with E-state index in [2.05, 4.69) is 168 Å². The van der Waals surface area contributed by atoms with Gasteiger partial charge in [0.2, 0.25) is 0 Å². The summed E-state index contributed by atoms with van der Waals surface area (Å²) in [7, 11) is 0. The number of hydrogen-bond acceptors (Lipinski definition) is 3. The van der Waals surface area contributed by atoms with Crippen molar-refractivity contribution in [2.24, 2.45) is 0 Å². The third-order valence-corrected chi connectivity index (χ3v) is 11.8. The summed E-state index contributed by atoms with van der Waals surface area (Å²) in [6.45, 7) is 0. The van der Waals surface area contributed by atoms with Gasteiger partial charge in [-0.1, -0.05) is 127 Å². The topological polar surface area (TPSA) is 30.7 Å². The first kappa shape index (κ1) is 31.5. The summed E-state index contributed by atoms with van der Waals surface area (Å²) in [5.41, 5.74) is 11.9. The van der Waals surface area contributed by atoms with Crippen LogP contribution in [-0.2, 0) is 0 Å². The predicted molar refractivity (Wildman–Crippen MR) is 233 cm³/mol. The molecule has 11 rings (SSSR count). The van der Waals surface area contributed by atoms with E-state index in [9.17, 15) is 0 Å². The summed E-state index contributed by atoms with van der Waals surface area (Å²) < 4.78 is 5.06. The Morgan fingerprint density at radius 1 is 0.509 bits per heavy atom. The number of allylic oxidation sites excluding steroid dienone is 4. The van der Waals surface area contributed by atoms with Gasteiger partial charge in [-0.25, -0.2) is 9.97 Å². The number of hydrogen-bond donors (Lipinski definition) is 0. The largest absolute Gasteiger partial charge is 0.309 e. The fraction of sp³-hybridized carbons (Fsp3) is 0.0196. The fourth-order valence-electron chi connectivity index (χ4n) is 8.01. The van der Waals surface area contributed by atoms with E-state index in [1.165, 1.54) is 47.6 Å². The van der Waals surface area contributed by atoms with Crippen molar-refractivity contribution >= 4 is 69.8 Å². The molecule has 3 heterocycles. The first-order chi connectivity index (χ1) is 27.2. The SMILES string of the molecule is C1#CCC=CC(c2nc(-c3ccccc3)nc3ccc(-c4ccc5c6ccc(-c7ccc8sc9ccccc9c8c7)cc6n(-c6ccccc6)c5c4)cc23)=C1. The first-order valence-corrected chi connectivity index (χ1v) is 19.4. The van der Waals surface area contributed by atoms with Crippen LogP contribution in [0.2, 0.25) is 0 Å². The molecule has 0 fully saturated rings. The molecule has 4 heteroatoms. The number of rotatable bonds is 5. The highest BCUT2D eigenvalue weighted by Gasteiger charge is 2.17. The van der Waals surface area contributed by atoms with Crippen LogP contribution in [0.15, 0.2) is 176 Å². The van der Waals surface area contributed by atoms with E-state index < -0.39 is 0 Å². The Bertz CT molecular complexity index is 3280. The minimum Gasteiger partial charge on any atom is -0.309 e. The molecule has 0 amide bonds. The Hall–Kier alpha value is -7.06. The number of nitrogens with zero attached hydrogens (tertiary/aromatic N) is 3. The molecule has 0 spiro atoms. The molecule has 0 N–H and O–H groups in total. The maximum Gasteiger partial charge on any atom is 0.160 e. The first-order valence-electron chi connectivity index (χ1n) is 18.5. The van der Waals surface area contributed by atoms with Crippen LogP contribution in [0.25, 0.3) is 97.8 Å². The molecule has 55 heavy (non-hydrogen) atoms. The van der Waals surface area contributed by atoms with Crippen LogP contribution in [0.5, 0.6) is 0 Å². The maximum absolute atomic E-state index is 5.16. The molecular weight excluding hydrogens is 687 g/mol. The van der Waals surface area contributed by atoms with Crippen molar-refractivity contribution in [2.45, 2.75) is 6.42 Å². The van der Waals surface area contributed by atoms with Crippen molar-refractivity contribution < 1.29 is 0 Å². The summed E-state index contributed by atoms with van der Waals surface area (Å²) in [5.74, 6) is 7.11. The van der Waals surface area contributed by atoms with Crippen molar-refractivity contribution in [3.05, 3.63) is 182 Å². The van der Waals surface area contributed by atoms with E-state index in [1.807, 2.05) is 35.6 Å². The third-order valence-electron chi connectivity index (χ3n) is 10.7. The lowest BCUT2D eigenvalue weighted by molar-refractivity contribution is 1.18. The van der Waals surface area contributed by atoms with Crippen LogP contribution in [0.1, 0.15) is 12.1 Å². The fourth-order valence-corrected chi connectivity index (χ4v) is 9.10. The van der Waals surface area contributed by atoms with Crippen molar-refractivity contribution in [1.29, 1.82) is 0 Å². The van der Waals surface area contributed by atoms with Gasteiger partial charge in [0.25, 0.3) is 0 Å². The lowest BCUT2D eigenvalue weighted by Crippen LogP contribution is -1.98. The smallest absolute Gasteiger partial charge is 0.160 e. The highest BCUT2D eigenvalue weighted by atomic mass is 32.1. The Morgan fingerprint density at radius 3 is 1.93 bits per heavy atom. The highest BCUT2D eigenvalue weighted by Crippen LogP contribution is 2.40. The molecule has 0 aliphatic heterocycles. The molecule has 3 aromatic heterocycles. The lowest BCUT2D eigenvalue weighted by atomic mass is 9.98. The molecular formula is C51H31N3S. The third kappa shape index (κ3) is 5.36. The average Bonchev–Trinajstić information content (AvgIpc) is 3.64. The van der Waals surface area contributed by atoms with Crippen LogP contribution in [0, 0.1) is 11.8 Å². The number of benzene rings is 7. The summed E-state index contributed by atoms with van der Waals surface area (Å²) in [6, 6.07) is 56.8. The van der Waals surface area contributed by atoms with Crippen LogP contribution >= 0.6 is 11.3 Å². The Kier molecular flexibility index (Phi) is 7.33. The Balaban J connectivity index is 1.09. The van der Waals surface area contributed by atoms with Gasteiger partial charge in [-0.05, 0) is 82.9 Å². The molecule has 10 aromatic rings. The summed E-state index contributed by atoms with van der Waals surface area (Å²) >= 11 is 1.86. The molecule has 0 radical (unpaired) electrons. The van der Waals surface area contributed by atoms with E-state index in [1.54, 1.807) is 0 Å². The van der Waals surface area contributed by atoms with Crippen molar-refractivity contribution in [1.82, 2.24) is 14.5 Å². The Morgan fingerprint density at radius 2 is 1.15 bits per heavy atom. The second-order valence-corrected chi connectivity index (χ2v) is 15.0. The lowest BCUT2D eigenvalue weighted by Gasteiger charge is -2.12. The average molecular weight is 718 g/mol. The van der Waals surface area contributed by atoms with Gasteiger partial charge >= 0.3 is 0 Å². The van der Waals surface area contributed by atoms with Gasteiger partial charge < -0.3 is 4.57 Å². The predicted octanol–water partition coefficient (Wildman–Crippen LogP) is 13.4. The zero-order chi connectivity index (χ0) is 36.3. The van der Waals surface area contributed by atoms with Crippen LogP contribution in [-0.4, -0.2) is 14.5 Å². The number of fused-ring (bicyclic) bond motifs is 7. The van der Waals surface area contributed by atoms with Gasteiger partial charge in [0.15, 0.2) is 5.82 Å². The van der Waals surface area contributed by atoms with Crippen molar-refractivity contribution in [3.8, 4) is 51.2 Å². The number of aromatic nitrogens is 3. The van der Waals surface area contributed by atoms with E-state index in [0.29, 0.717) is 5.82 Å². The van der Waals surface area contributed by atoms with Gasteiger partial charge in [0.1, 0.15) is 0 Å². The normalized spacial score (nSPS) is 12.7. The van der Waals surface area contributed by atoms with Crippen molar-refractivity contribution in [3.63, 3.8) is 0 Å². The molecule has 0 unspecified atom stereocenters. The molecule has 0 saturated heterocycles. The summed E-state index contributed by atoms with van der Waals surface area (Å²) in [6.07, 6.45) is 6.93. The van der Waals surface area contributed by atoms with Crippen LogP contribution in [0.4, 0.5) is 0 Å². The molecule has 7 aromatic carbocycles. The Labute approximate surface area is 322 Å². The van der Waals surface area contributed by atoms with E-state index in [0.717, 1.165) is 56.5 Å². The molecule has 1 aliphatic carbocycles. The van der Waals surface area contributed by atoms with Gasteiger partial charge in [-0.3, -0.25) is 0 Å². The minimum atomic E-state index is 0.708. The van der Waals surface area contributed by atoms with E-state index in [4.69, 9.17) is 9.97 Å². The van der Waals surface area contributed by atoms with Gasteiger partial charge in [-0.2, -0.15) is 0 Å². The van der Waals surface area contributed by atoms with E-state index in [-0.39, 0.29) is 0 Å². The quantitative estimate of drug-likeness (QED) is 0.166. The zero-order valence-electron chi connectivity index (χ0n) is 29.7. The molecule has 0 atom stereocenters. The number of para-hydroxylation sites is 1. The van der Waals surface area contributed by atoms with Gasteiger partial charge in [0, 0.05) is 59.6 Å². The van der Waals surface area contributed by atoms with Gasteiger partial charge in [-0.15, -0.1) is 11.3 Å². The zero-order valence-corrected chi connectivity index (χ0v) is 30.5. The summed E-state index contributed by atoms with van der Waals surface area (Å²) in [5, 5.41) is 6.08. The molecule has 3 nitrogen and oxygen atoms in total. The standard InChI is InChI=1S/C51H31N3S/c1-2-6-14-33(13-5-1)50-44-30-35(23-27-45(44)52-51(53-50)34-15-7-3-8-16-34)37-21-25-40-41-26-22-38(32-47(41)54(46(40)31-37)39-17-9-4-10-18-39)36-24-28-49-43(29-36)42-19-11-12-20-48(42)55-49/h3-5,7-32H,1H2. The molecule has 1 aliphatic rings. The monoisotopic (exact) mass is 717 g/mol. The maximum atomic E-state index is 5.16. The second kappa shape index (κ2) is 12.8. The van der Waals surface area contributed by atoms with Crippen LogP contribution in [0.3, 0.4) is 0 Å². The van der Waals surface area contributed by atoms with Crippen molar-refractivity contribution in [2.75, 3.05) is 0 Å². The number of thiophene rings is 1. The second-order valence-electron chi connectivity index (χ2n) is 14.0. The molecule has 0 saturated carbocycles. The minimum absolute atomic E-state index is 0.708. The summed E-state index contributed by atoms with van der Waals surface area (Å²) in [4.78, 5) is 10.2. The van der Waals surface area contributed by atoms with Crippen LogP contribution < -0.4 is 0 Å². The molecule has 256 valence electrons. The van der Waals surface area contributed by atoms with Gasteiger partial charge in [0.05, 0.1) is 22.2 Å². The highest BCUT2D eigenvalue weighted by molar-refractivity contribution is 7.25. The molecule has 0 bridgehead atoms.